The fourth-order valence-corrected chi connectivity index (χ4v) is 4.40. The van der Waals surface area contributed by atoms with Crippen molar-refractivity contribution in [3.63, 3.8) is 0 Å². The summed E-state index contributed by atoms with van der Waals surface area (Å²) in [4.78, 5) is 18.8. The molecule has 4 heteroatoms. The molecule has 5 unspecified atom stereocenters. The van der Waals surface area contributed by atoms with E-state index < -0.39 is 0 Å². The van der Waals surface area contributed by atoms with Crippen LogP contribution in [0.15, 0.2) is 30.3 Å². The number of amides is 1. The van der Waals surface area contributed by atoms with E-state index in [9.17, 15) is 4.79 Å². The molecule has 1 N–H and O–H groups in total. The lowest BCUT2D eigenvalue weighted by Crippen LogP contribution is -2.69. The van der Waals surface area contributed by atoms with Crippen LogP contribution < -0.4 is 5.32 Å². The molecule has 0 aromatic heterocycles. The Bertz CT molecular complexity index is 620. The minimum absolute atomic E-state index is 0.0167. The summed E-state index contributed by atoms with van der Waals surface area (Å²) in [5.41, 5.74) is 0.896. The van der Waals surface area contributed by atoms with Crippen molar-refractivity contribution in [1.29, 1.82) is 0 Å². The van der Waals surface area contributed by atoms with Gasteiger partial charge in [-0.15, -0.1) is 0 Å². The second-order valence-corrected chi connectivity index (χ2v) is 8.53. The second kappa shape index (κ2) is 8.74. The molecule has 1 aromatic rings. The predicted molar refractivity (Wildman–Crippen MR) is 111 cm³/mol. The van der Waals surface area contributed by atoms with Crippen LogP contribution in [-0.2, 0) is 9.63 Å². The molecule has 0 saturated carbocycles. The zero-order valence-electron chi connectivity index (χ0n) is 18.2. The van der Waals surface area contributed by atoms with Crippen molar-refractivity contribution in [2.45, 2.75) is 97.4 Å². The first-order chi connectivity index (χ1) is 12.7. The van der Waals surface area contributed by atoms with Gasteiger partial charge >= 0.3 is 0 Å². The third kappa shape index (κ3) is 4.38. The third-order valence-electron chi connectivity index (χ3n) is 6.88. The van der Waals surface area contributed by atoms with Crippen molar-refractivity contribution in [3.8, 4) is 0 Å². The molecule has 0 bridgehead atoms. The van der Waals surface area contributed by atoms with Gasteiger partial charge in [0.2, 0.25) is 5.91 Å². The average Bonchev–Trinajstić information content (AvgIpc) is 2.69. The van der Waals surface area contributed by atoms with Gasteiger partial charge in [-0.05, 0) is 51.5 Å². The maximum Gasteiger partial charge on any atom is 0.219 e. The van der Waals surface area contributed by atoms with Gasteiger partial charge in [0.25, 0.3) is 0 Å². The van der Waals surface area contributed by atoms with E-state index in [-0.39, 0.29) is 29.1 Å². The number of carbonyl (C=O) groups is 1. The van der Waals surface area contributed by atoms with E-state index in [1.54, 1.807) is 0 Å². The van der Waals surface area contributed by atoms with Gasteiger partial charge in [-0.2, -0.15) is 5.06 Å². The summed E-state index contributed by atoms with van der Waals surface area (Å²) in [6, 6.07) is 10.6. The molecular formula is C23H38N2O2. The molecule has 27 heavy (non-hydrogen) atoms. The van der Waals surface area contributed by atoms with Crippen LogP contribution in [0.3, 0.4) is 0 Å². The number of hydrogen-bond donors (Lipinski definition) is 1. The summed E-state index contributed by atoms with van der Waals surface area (Å²) < 4.78 is 0. The average molecular weight is 375 g/mol. The Morgan fingerprint density at radius 1 is 1.22 bits per heavy atom. The van der Waals surface area contributed by atoms with Crippen molar-refractivity contribution in [2.24, 2.45) is 5.92 Å². The number of hydrogen-bond acceptors (Lipinski definition) is 3. The lowest BCUT2D eigenvalue weighted by Gasteiger charge is -2.60. The highest BCUT2D eigenvalue weighted by atomic mass is 16.7. The largest absolute Gasteiger partial charge is 0.353 e. The van der Waals surface area contributed by atoms with Crippen molar-refractivity contribution < 1.29 is 9.63 Å². The fraction of sp³-hybridized carbons (Fsp3) is 0.696. The molecule has 1 amide bonds. The van der Waals surface area contributed by atoms with Gasteiger partial charge in [0, 0.05) is 23.5 Å². The molecule has 0 spiro atoms. The van der Waals surface area contributed by atoms with Gasteiger partial charge < -0.3 is 5.32 Å². The smallest absolute Gasteiger partial charge is 0.219 e. The monoisotopic (exact) mass is 374 g/mol. The van der Waals surface area contributed by atoms with Gasteiger partial charge in [-0.25, -0.2) is 0 Å². The van der Waals surface area contributed by atoms with Crippen LogP contribution in [0.5, 0.6) is 0 Å². The Morgan fingerprint density at radius 3 is 2.37 bits per heavy atom. The van der Waals surface area contributed by atoms with Gasteiger partial charge in [-0.3, -0.25) is 9.63 Å². The quantitative estimate of drug-likeness (QED) is 0.708. The molecule has 4 nitrogen and oxygen atoms in total. The summed E-state index contributed by atoms with van der Waals surface area (Å²) in [6.45, 7) is 15.3. The van der Waals surface area contributed by atoms with Crippen LogP contribution >= 0.6 is 0 Å². The first-order valence-electron chi connectivity index (χ1n) is 10.5. The normalized spacial score (nSPS) is 32.9. The molecule has 5 atom stereocenters. The Hall–Kier alpha value is -1.39. The lowest BCUT2D eigenvalue weighted by molar-refractivity contribution is -0.327. The number of hydroxylamine groups is 2. The highest BCUT2D eigenvalue weighted by molar-refractivity contribution is 5.75. The highest BCUT2D eigenvalue weighted by Gasteiger charge is 2.54. The summed E-state index contributed by atoms with van der Waals surface area (Å²) in [5.74, 6) is 0.427. The maximum atomic E-state index is 12.1. The number of nitrogens with zero attached hydrogens (tertiary/aromatic N) is 1. The van der Waals surface area contributed by atoms with E-state index in [0.29, 0.717) is 12.3 Å². The van der Waals surface area contributed by atoms with Gasteiger partial charge in [-0.1, -0.05) is 58.0 Å². The number of benzene rings is 1. The molecule has 0 radical (unpaired) electrons. The van der Waals surface area contributed by atoms with Crippen molar-refractivity contribution >= 4 is 5.91 Å². The predicted octanol–water partition coefficient (Wildman–Crippen LogP) is 5.25. The van der Waals surface area contributed by atoms with E-state index in [1.165, 1.54) is 5.56 Å². The van der Waals surface area contributed by atoms with Crippen LogP contribution in [0.2, 0.25) is 0 Å². The Labute approximate surface area is 165 Å². The van der Waals surface area contributed by atoms with Crippen molar-refractivity contribution in [1.82, 2.24) is 10.4 Å². The highest BCUT2D eigenvalue weighted by Crippen LogP contribution is 2.47. The third-order valence-corrected chi connectivity index (χ3v) is 6.88. The molecular weight excluding hydrogens is 336 g/mol. The van der Waals surface area contributed by atoms with Crippen LogP contribution in [0.1, 0.15) is 85.8 Å². The number of piperidine rings is 1. The van der Waals surface area contributed by atoms with E-state index in [0.717, 1.165) is 19.3 Å². The molecule has 1 saturated heterocycles. The van der Waals surface area contributed by atoms with Crippen LogP contribution in [-0.4, -0.2) is 28.1 Å². The molecule has 1 aromatic carbocycles. The minimum atomic E-state index is -0.155. The van der Waals surface area contributed by atoms with Crippen molar-refractivity contribution in [3.05, 3.63) is 35.9 Å². The maximum absolute atomic E-state index is 12.1. The second-order valence-electron chi connectivity index (χ2n) is 8.53. The van der Waals surface area contributed by atoms with Crippen molar-refractivity contribution in [2.75, 3.05) is 0 Å². The van der Waals surface area contributed by atoms with Gasteiger partial charge in [0.15, 0.2) is 0 Å². The Kier molecular flexibility index (Phi) is 7.09. The Balaban J connectivity index is 2.34. The molecule has 1 heterocycles. The first kappa shape index (κ1) is 21.9. The van der Waals surface area contributed by atoms with Gasteiger partial charge in [0.1, 0.15) is 6.10 Å². The first-order valence-corrected chi connectivity index (χ1v) is 10.5. The molecule has 152 valence electrons. The van der Waals surface area contributed by atoms with Crippen LogP contribution in [0, 0.1) is 5.92 Å². The number of rotatable bonds is 7. The van der Waals surface area contributed by atoms with E-state index in [4.69, 9.17) is 4.84 Å². The fourth-order valence-electron chi connectivity index (χ4n) is 4.40. The van der Waals surface area contributed by atoms with Crippen LogP contribution in [0.25, 0.3) is 0 Å². The lowest BCUT2D eigenvalue weighted by atomic mass is 9.68. The van der Waals surface area contributed by atoms with E-state index >= 15 is 0 Å². The topological polar surface area (TPSA) is 41.6 Å². The van der Waals surface area contributed by atoms with Gasteiger partial charge in [0.05, 0.1) is 0 Å². The Morgan fingerprint density at radius 2 is 1.85 bits per heavy atom. The summed E-state index contributed by atoms with van der Waals surface area (Å²) in [5, 5.41) is 5.56. The molecule has 1 aliphatic rings. The number of nitrogens with one attached hydrogen (secondary N) is 1. The van der Waals surface area contributed by atoms with Crippen LogP contribution in [0.4, 0.5) is 0 Å². The summed E-state index contributed by atoms with van der Waals surface area (Å²) >= 11 is 0. The molecule has 1 aliphatic heterocycles. The number of carbonyl (C=O) groups excluding carboxylic acids is 1. The molecule has 2 rings (SSSR count). The SMILES string of the molecule is CCC(=O)NC1CC(C)(CC)N(OC(C)c2ccccc2)C(C)(CC)C1C. The zero-order chi connectivity index (χ0) is 20.2. The summed E-state index contributed by atoms with van der Waals surface area (Å²) in [6.07, 6.45) is 3.34. The molecule has 0 aliphatic carbocycles. The summed E-state index contributed by atoms with van der Waals surface area (Å²) in [7, 11) is 0. The molecule has 1 fully saturated rings. The van der Waals surface area contributed by atoms with E-state index in [2.05, 4.69) is 76.2 Å². The zero-order valence-corrected chi connectivity index (χ0v) is 18.2. The minimum Gasteiger partial charge on any atom is -0.353 e. The van der Waals surface area contributed by atoms with E-state index in [1.807, 2.05) is 13.0 Å². The standard InChI is InChI=1S/C23H38N2O2/c1-8-21(26)24-20-16-22(6,9-2)25(23(7,10-3)17(20)4)27-18(5)19-14-12-11-13-15-19/h11-15,17-18,20H,8-10,16H2,1-7H3,(H,24,26).